The number of nitrogens with zero attached hydrogens (tertiary/aromatic N) is 1. The normalized spacial score (nSPS) is 12.0. The predicted molar refractivity (Wildman–Crippen MR) is 57.1 cm³/mol. The minimum Gasteiger partial charge on any atom is -0.456 e. The van der Waals surface area contributed by atoms with Crippen LogP contribution >= 0.6 is 0 Å². The fourth-order valence-electron chi connectivity index (χ4n) is 1.04. The Kier molecular flexibility index (Phi) is 5.42. The standard InChI is InChI=1S/C11H19NO4/c1-10(2,3)16-9(13)11(14,15)7-5-4-6-8-12/h14-15H,4-7H2,1-3H3. The first kappa shape index (κ1) is 14.9. The van der Waals surface area contributed by atoms with Gasteiger partial charge in [-0.25, -0.2) is 4.79 Å². The van der Waals surface area contributed by atoms with Crippen LogP contribution in [0.2, 0.25) is 0 Å². The van der Waals surface area contributed by atoms with Crippen LogP contribution in [0, 0.1) is 11.3 Å². The monoisotopic (exact) mass is 229 g/mol. The van der Waals surface area contributed by atoms with Crippen LogP contribution in [0.1, 0.15) is 46.5 Å². The third-order valence-corrected chi connectivity index (χ3v) is 1.79. The Morgan fingerprint density at radius 2 is 1.88 bits per heavy atom. The van der Waals surface area contributed by atoms with Crippen LogP contribution in [-0.4, -0.2) is 27.6 Å². The summed E-state index contributed by atoms with van der Waals surface area (Å²) < 4.78 is 4.86. The summed E-state index contributed by atoms with van der Waals surface area (Å²) in [6.45, 7) is 4.95. The highest BCUT2D eigenvalue weighted by atomic mass is 16.6. The largest absolute Gasteiger partial charge is 0.456 e. The van der Waals surface area contributed by atoms with E-state index in [4.69, 9.17) is 10.00 Å². The summed E-state index contributed by atoms with van der Waals surface area (Å²) >= 11 is 0. The molecular formula is C11H19NO4. The van der Waals surface area contributed by atoms with Crippen LogP contribution in [0.25, 0.3) is 0 Å². The Hall–Kier alpha value is -1.12. The highest BCUT2D eigenvalue weighted by Crippen LogP contribution is 2.18. The van der Waals surface area contributed by atoms with E-state index < -0.39 is 17.4 Å². The zero-order chi connectivity index (χ0) is 12.8. The van der Waals surface area contributed by atoms with Crippen molar-refractivity contribution in [2.75, 3.05) is 0 Å². The third kappa shape index (κ3) is 6.38. The lowest BCUT2D eigenvalue weighted by molar-refractivity contribution is -0.221. The van der Waals surface area contributed by atoms with Crippen LogP contribution < -0.4 is 0 Å². The van der Waals surface area contributed by atoms with Crippen molar-refractivity contribution < 1.29 is 19.7 Å². The van der Waals surface area contributed by atoms with Gasteiger partial charge in [0.05, 0.1) is 6.07 Å². The zero-order valence-electron chi connectivity index (χ0n) is 9.99. The maximum Gasteiger partial charge on any atom is 0.366 e. The minimum atomic E-state index is -2.46. The number of hydrogen-bond donors (Lipinski definition) is 2. The molecule has 2 N–H and O–H groups in total. The lowest BCUT2D eigenvalue weighted by Crippen LogP contribution is -2.43. The fraction of sp³-hybridized carbons (Fsp3) is 0.818. The lowest BCUT2D eigenvalue weighted by Gasteiger charge is -2.26. The molecule has 0 aromatic heterocycles. The maximum absolute atomic E-state index is 11.4. The van der Waals surface area contributed by atoms with Crippen molar-refractivity contribution in [2.24, 2.45) is 0 Å². The van der Waals surface area contributed by atoms with Crippen LogP contribution in [0.4, 0.5) is 0 Å². The molecule has 0 bridgehead atoms. The molecule has 92 valence electrons. The summed E-state index contributed by atoms with van der Waals surface area (Å²) in [6.07, 6.45) is 1.13. The van der Waals surface area contributed by atoms with E-state index in [0.717, 1.165) is 0 Å². The van der Waals surface area contributed by atoms with Crippen molar-refractivity contribution in [2.45, 2.75) is 57.8 Å². The third-order valence-electron chi connectivity index (χ3n) is 1.79. The number of aliphatic hydroxyl groups is 2. The Labute approximate surface area is 95.6 Å². The molecule has 0 aromatic carbocycles. The van der Waals surface area contributed by atoms with Crippen molar-refractivity contribution in [1.82, 2.24) is 0 Å². The Morgan fingerprint density at radius 3 is 2.31 bits per heavy atom. The quantitative estimate of drug-likeness (QED) is 0.418. The summed E-state index contributed by atoms with van der Waals surface area (Å²) in [4.78, 5) is 11.4. The van der Waals surface area contributed by atoms with Gasteiger partial charge in [0, 0.05) is 12.8 Å². The number of unbranched alkanes of at least 4 members (excludes halogenated alkanes) is 2. The minimum absolute atomic E-state index is 0.121. The molecule has 0 heterocycles. The summed E-state index contributed by atoms with van der Waals surface area (Å²) in [5, 5.41) is 27.2. The smallest absolute Gasteiger partial charge is 0.366 e. The van der Waals surface area contributed by atoms with Gasteiger partial charge in [-0.1, -0.05) is 0 Å². The average molecular weight is 229 g/mol. The number of esters is 1. The maximum atomic E-state index is 11.4. The molecule has 0 aliphatic carbocycles. The predicted octanol–water partition coefficient (Wildman–Crippen LogP) is 1.09. The van der Waals surface area contributed by atoms with Gasteiger partial charge in [-0.15, -0.1) is 0 Å². The fourth-order valence-corrected chi connectivity index (χ4v) is 1.04. The number of rotatable bonds is 5. The second-order valence-electron chi connectivity index (χ2n) is 4.68. The van der Waals surface area contributed by atoms with Crippen LogP contribution in [0.5, 0.6) is 0 Å². The molecule has 0 fully saturated rings. The first-order chi connectivity index (χ1) is 7.19. The average Bonchev–Trinajstić information content (AvgIpc) is 2.09. The van der Waals surface area contributed by atoms with E-state index in [1.54, 1.807) is 20.8 Å². The van der Waals surface area contributed by atoms with E-state index in [0.29, 0.717) is 19.3 Å². The number of carbonyl (C=O) groups is 1. The molecule has 0 radical (unpaired) electrons. The van der Waals surface area contributed by atoms with Gasteiger partial charge in [-0.3, -0.25) is 0 Å². The first-order valence-electron chi connectivity index (χ1n) is 5.24. The lowest BCUT2D eigenvalue weighted by atomic mass is 10.1. The Bertz CT molecular complexity index is 273. The van der Waals surface area contributed by atoms with E-state index >= 15 is 0 Å². The molecule has 0 saturated carbocycles. The van der Waals surface area contributed by atoms with Crippen molar-refractivity contribution in [3.05, 3.63) is 0 Å². The van der Waals surface area contributed by atoms with Crippen molar-refractivity contribution in [1.29, 1.82) is 5.26 Å². The number of carbonyl (C=O) groups excluding carboxylic acids is 1. The molecule has 0 aliphatic heterocycles. The Balaban J connectivity index is 4.12. The second kappa shape index (κ2) is 5.83. The molecule has 0 aliphatic rings. The summed E-state index contributed by atoms with van der Waals surface area (Å²) in [6, 6.07) is 1.94. The zero-order valence-corrected chi connectivity index (χ0v) is 9.99. The van der Waals surface area contributed by atoms with E-state index in [9.17, 15) is 15.0 Å². The highest BCUT2D eigenvalue weighted by Gasteiger charge is 2.36. The van der Waals surface area contributed by atoms with Gasteiger partial charge in [-0.05, 0) is 33.6 Å². The topological polar surface area (TPSA) is 90.6 Å². The van der Waals surface area contributed by atoms with Crippen molar-refractivity contribution in [3.63, 3.8) is 0 Å². The molecule has 5 heteroatoms. The molecule has 0 rings (SSSR count). The Morgan fingerprint density at radius 1 is 1.31 bits per heavy atom. The van der Waals surface area contributed by atoms with E-state index in [1.807, 2.05) is 6.07 Å². The molecule has 0 unspecified atom stereocenters. The van der Waals surface area contributed by atoms with Gasteiger partial charge >= 0.3 is 5.97 Å². The summed E-state index contributed by atoms with van der Waals surface area (Å²) in [7, 11) is 0. The molecule has 0 saturated heterocycles. The van der Waals surface area contributed by atoms with Crippen LogP contribution in [0.15, 0.2) is 0 Å². The number of ether oxygens (including phenoxy) is 1. The van der Waals surface area contributed by atoms with Crippen LogP contribution in [-0.2, 0) is 9.53 Å². The molecule has 0 spiro atoms. The van der Waals surface area contributed by atoms with Gasteiger partial charge in [0.1, 0.15) is 5.60 Å². The van der Waals surface area contributed by atoms with Gasteiger partial charge in [0.2, 0.25) is 0 Å². The molecular weight excluding hydrogens is 210 g/mol. The van der Waals surface area contributed by atoms with Crippen molar-refractivity contribution >= 4 is 5.97 Å². The molecule has 16 heavy (non-hydrogen) atoms. The van der Waals surface area contributed by atoms with Crippen molar-refractivity contribution in [3.8, 4) is 6.07 Å². The van der Waals surface area contributed by atoms with E-state index in [2.05, 4.69) is 0 Å². The van der Waals surface area contributed by atoms with Gasteiger partial charge in [0.15, 0.2) is 0 Å². The van der Waals surface area contributed by atoms with Crippen LogP contribution in [0.3, 0.4) is 0 Å². The number of hydrogen-bond acceptors (Lipinski definition) is 5. The summed E-state index contributed by atoms with van der Waals surface area (Å²) in [5.41, 5.74) is -0.750. The SMILES string of the molecule is CC(C)(C)OC(=O)C(O)(O)CCCCC#N. The molecule has 0 aromatic rings. The first-order valence-corrected chi connectivity index (χ1v) is 5.24. The van der Waals surface area contributed by atoms with Gasteiger partial charge in [0.25, 0.3) is 5.79 Å². The van der Waals surface area contributed by atoms with E-state index in [-0.39, 0.29) is 6.42 Å². The van der Waals surface area contributed by atoms with Gasteiger partial charge in [-0.2, -0.15) is 5.26 Å². The second-order valence-corrected chi connectivity index (χ2v) is 4.68. The molecule has 0 atom stereocenters. The molecule has 0 amide bonds. The molecule has 5 nitrogen and oxygen atoms in total. The number of nitriles is 1. The summed E-state index contributed by atoms with van der Waals surface area (Å²) in [5.74, 6) is -3.50. The van der Waals surface area contributed by atoms with E-state index in [1.165, 1.54) is 0 Å². The van der Waals surface area contributed by atoms with Gasteiger partial charge < -0.3 is 14.9 Å². The highest BCUT2D eigenvalue weighted by molar-refractivity contribution is 5.77.